The number of halogens is 2. The summed E-state index contributed by atoms with van der Waals surface area (Å²) in [6.07, 6.45) is -1.17. The van der Waals surface area contributed by atoms with Crippen molar-refractivity contribution in [2.45, 2.75) is 13.2 Å². The number of rotatable bonds is 2. The Labute approximate surface area is 162 Å². The molecule has 136 valence electrons. The molecule has 0 radical (unpaired) electrons. The Hall–Kier alpha value is -2.97. The minimum Gasteiger partial charge on any atom is -0.432 e. The van der Waals surface area contributed by atoms with Crippen LogP contribution in [0.5, 0.6) is 0 Å². The molecule has 27 heavy (non-hydrogen) atoms. The number of pyridine rings is 1. The van der Waals surface area contributed by atoms with Crippen molar-refractivity contribution < 1.29 is 9.53 Å². The molecule has 3 heterocycles. The molecule has 1 aliphatic heterocycles. The summed E-state index contributed by atoms with van der Waals surface area (Å²) < 4.78 is 6.54. The highest BCUT2D eigenvalue weighted by Crippen LogP contribution is 2.31. The molecule has 0 amide bonds. The predicted octanol–water partition coefficient (Wildman–Crippen LogP) is 2.68. The zero-order valence-electron chi connectivity index (χ0n) is 13.8. The second-order valence-corrected chi connectivity index (χ2v) is 6.44. The van der Waals surface area contributed by atoms with Gasteiger partial charge in [0.15, 0.2) is 0 Å². The van der Waals surface area contributed by atoms with Crippen LogP contribution in [0, 0.1) is 0 Å². The van der Waals surface area contributed by atoms with Crippen LogP contribution in [0.1, 0.15) is 30.2 Å². The Kier molecular flexibility index (Phi) is 4.29. The van der Waals surface area contributed by atoms with E-state index < -0.39 is 17.9 Å². The molecule has 10 heteroatoms. The van der Waals surface area contributed by atoms with Crippen molar-refractivity contribution in [2.24, 2.45) is 4.99 Å². The van der Waals surface area contributed by atoms with Crippen LogP contribution in [-0.2, 0) is 9.53 Å². The molecule has 4 rings (SSSR count). The van der Waals surface area contributed by atoms with Crippen molar-refractivity contribution in [1.29, 1.82) is 0 Å². The van der Waals surface area contributed by atoms with Gasteiger partial charge < -0.3 is 4.74 Å². The number of carbonyl (C=O) groups excluding carboxylic acids is 1. The molecule has 0 spiro atoms. The van der Waals surface area contributed by atoms with E-state index in [1.807, 2.05) is 0 Å². The number of aliphatic imine (C=N–C) groups is 1. The highest BCUT2D eigenvalue weighted by Gasteiger charge is 2.31. The first-order chi connectivity index (χ1) is 13.0. The standard InChI is InChI=1S/C17H11Cl2N5O3/c1-8(25)27-16-15-22-23-17(26)24(15)11-6-7-12(19)20-14(11)13(21-16)9-4-2-3-5-10(9)18/h2-7,16H,1H3,(H,23,26). The first-order valence-electron chi connectivity index (χ1n) is 7.80. The van der Waals surface area contributed by atoms with Gasteiger partial charge in [0, 0.05) is 12.5 Å². The zero-order chi connectivity index (χ0) is 19.1. The number of H-pyrrole nitrogens is 1. The summed E-state index contributed by atoms with van der Waals surface area (Å²) in [5, 5.41) is 6.93. The van der Waals surface area contributed by atoms with Gasteiger partial charge in [0.25, 0.3) is 6.23 Å². The molecule has 8 nitrogen and oxygen atoms in total. The third-order valence-corrected chi connectivity index (χ3v) is 4.42. The Morgan fingerprint density at radius 1 is 1.22 bits per heavy atom. The number of aromatic nitrogens is 4. The van der Waals surface area contributed by atoms with Crippen LogP contribution < -0.4 is 5.69 Å². The molecule has 3 aromatic rings. The number of hydrogen-bond donors (Lipinski definition) is 1. The van der Waals surface area contributed by atoms with E-state index in [0.717, 1.165) is 0 Å². The summed E-state index contributed by atoms with van der Waals surface area (Å²) in [6, 6.07) is 10.2. The Morgan fingerprint density at radius 3 is 2.74 bits per heavy atom. The predicted molar refractivity (Wildman–Crippen MR) is 98.6 cm³/mol. The smallest absolute Gasteiger partial charge is 0.348 e. The summed E-state index contributed by atoms with van der Waals surface area (Å²) in [5.74, 6) is -0.469. The maximum Gasteiger partial charge on any atom is 0.348 e. The van der Waals surface area contributed by atoms with Crippen LogP contribution in [0.3, 0.4) is 0 Å². The number of ether oxygens (including phenoxy) is 1. The number of aromatic amines is 1. The summed E-state index contributed by atoms with van der Waals surface area (Å²) >= 11 is 12.4. The number of hydrogen-bond acceptors (Lipinski definition) is 6. The Morgan fingerprint density at radius 2 is 2.00 bits per heavy atom. The summed E-state index contributed by atoms with van der Waals surface area (Å²) in [5.41, 5.74) is 1.06. The fraction of sp³-hybridized carbons (Fsp3) is 0.118. The molecule has 1 N–H and O–H groups in total. The van der Waals surface area contributed by atoms with Gasteiger partial charge >= 0.3 is 11.7 Å². The number of carbonyl (C=O) groups is 1. The van der Waals surface area contributed by atoms with Crippen LogP contribution in [0.25, 0.3) is 5.69 Å². The molecule has 1 aromatic carbocycles. The first-order valence-corrected chi connectivity index (χ1v) is 8.56. The molecule has 1 atom stereocenters. The minimum absolute atomic E-state index is 0.114. The van der Waals surface area contributed by atoms with Gasteiger partial charge in [0.05, 0.1) is 16.4 Å². The SMILES string of the molecule is CC(=O)OC1N=C(c2ccccc2Cl)c2nc(Cl)ccc2-n2c1n[nH]c2=O. The van der Waals surface area contributed by atoms with E-state index in [-0.39, 0.29) is 11.0 Å². The van der Waals surface area contributed by atoms with Crippen LogP contribution in [-0.4, -0.2) is 31.4 Å². The van der Waals surface area contributed by atoms with Gasteiger partial charge in [-0.1, -0.05) is 41.4 Å². The average Bonchev–Trinajstić information content (AvgIpc) is 2.94. The van der Waals surface area contributed by atoms with Crippen molar-refractivity contribution in [3.05, 3.63) is 74.1 Å². The molecule has 0 aliphatic carbocycles. The van der Waals surface area contributed by atoms with Crippen LogP contribution >= 0.6 is 23.2 Å². The van der Waals surface area contributed by atoms with Gasteiger partial charge in [0.1, 0.15) is 10.8 Å². The maximum absolute atomic E-state index is 12.4. The van der Waals surface area contributed by atoms with Crippen molar-refractivity contribution in [1.82, 2.24) is 19.7 Å². The Balaban J connectivity index is 2.07. The third kappa shape index (κ3) is 3.02. The highest BCUT2D eigenvalue weighted by atomic mass is 35.5. The number of esters is 1. The van der Waals surface area contributed by atoms with Gasteiger partial charge in [-0.3, -0.25) is 4.79 Å². The lowest BCUT2D eigenvalue weighted by Crippen LogP contribution is -2.20. The van der Waals surface area contributed by atoms with Crippen LogP contribution in [0.15, 0.2) is 46.2 Å². The number of fused-ring (bicyclic) bond motifs is 3. The van der Waals surface area contributed by atoms with E-state index in [1.54, 1.807) is 36.4 Å². The topological polar surface area (TPSA) is 102 Å². The van der Waals surface area contributed by atoms with E-state index >= 15 is 0 Å². The van der Waals surface area contributed by atoms with Gasteiger partial charge in [-0.25, -0.2) is 24.4 Å². The van der Waals surface area contributed by atoms with Crippen molar-refractivity contribution in [3.63, 3.8) is 0 Å². The minimum atomic E-state index is -1.17. The average molecular weight is 404 g/mol. The quantitative estimate of drug-likeness (QED) is 0.523. The first kappa shape index (κ1) is 17.4. The molecule has 0 saturated carbocycles. The maximum atomic E-state index is 12.4. The zero-order valence-corrected chi connectivity index (χ0v) is 15.3. The van der Waals surface area contributed by atoms with Crippen molar-refractivity contribution in [2.75, 3.05) is 0 Å². The molecule has 1 aliphatic rings. The van der Waals surface area contributed by atoms with E-state index in [9.17, 15) is 9.59 Å². The van der Waals surface area contributed by atoms with Gasteiger partial charge in [0.2, 0.25) is 5.82 Å². The third-order valence-electron chi connectivity index (χ3n) is 3.88. The monoisotopic (exact) mass is 403 g/mol. The Bertz CT molecular complexity index is 1150. The van der Waals surface area contributed by atoms with Crippen molar-refractivity contribution in [3.8, 4) is 5.69 Å². The normalized spacial score (nSPS) is 15.4. The molecular formula is C17H11Cl2N5O3. The lowest BCUT2D eigenvalue weighted by atomic mass is 10.1. The van der Waals surface area contributed by atoms with E-state index in [0.29, 0.717) is 27.7 Å². The van der Waals surface area contributed by atoms with Gasteiger partial charge in [-0.05, 0) is 18.2 Å². The van der Waals surface area contributed by atoms with Crippen LogP contribution in [0.4, 0.5) is 0 Å². The molecular weight excluding hydrogens is 393 g/mol. The van der Waals surface area contributed by atoms with E-state index in [1.165, 1.54) is 11.5 Å². The number of benzene rings is 1. The molecule has 0 saturated heterocycles. The largest absolute Gasteiger partial charge is 0.432 e. The van der Waals surface area contributed by atoms with Crippen molar-refractivity contribution >= 4 is 34.9 Å². The van der Waals surface area contributed by atoms with E-state index in [2.05, 4.69) is 20.2 Å². The lowest BCUT2D eigenvalue weighted by molar-refractivity contribution is -0.146. The summed E-state index contributed by atoms with van der Waals surface area (Å²) in [4.78, 5) is 32.8. The number of nitrogens with one attached hydrogen (secondary N) is 1. The molecule has 1 unspecified atom stereocenters. The molecule has 2 aromatic heterocycles. The summed E-state index contributed by atoms with van der Waals surface area (Å²) in [7, 11) is 0. The van der Waals surface area contributed by atoms with Crippen LogP contribution in [0.2, 0.25) is 10.2 Å². The lowest BCUT2D eigenvalue weighted by Gasteiger charge is -2.12. The van der Waals surface area contributed by atoms with Gasteiger partial charge in [-0.2, -0.15) is 5.10 Å². The molecule has 0 bridgehead atoms. The van der Waals surface area contributed by atoms with Gasteiger partial charge in [-0.15, -0.1) is 0 Å². The second kappa shape index (κ2) is 6.64. The highest BCUT2D eigenvalue weighted by molar-refractivity contribution is 6.35. The molecule has 0 fully saturated rings. The summed E-state index contributed by atoms with van der Waals surface area (Å²) in [6.45, 7) is 1.24. The second-order valence-electron chi connectivity index (χ2n) is 5.64. The fourth-order valence-corrected chi connectivity index (χ4v) is 3.19. The van der Waals surface area contributed by atoms with E-state index in [4.69, 9.17) is 27.9 Å². The number of nitrogens with zero attached hydrogens (tertiary/aromatic N) is 4. The fourth-order valence-electron chi connectivity index (χ4n) is 2.81.